The maximum atomic E-state index is 12.6. The molecule has 5 nitrogen and oxygen atoms in total. The lowest BCUT2D eigenvalue weighted by Crippen LogP contribution is -2.52. The number of anilines is 1. The van der Waals surface area contributed by atoms with E-state index in [9.17, 15) is 4.79 Å². The van der Waals surface area contributed by atoms with E-state index in [2.05, 4.69) is 10.2 Å². The van der Waals surface area contributed by atoms with Crippen molar-refractivity contribution in [2.75, 3.05) is 31.5 Å². The molecule has 0 aromatic heterocycles. The largest absolute Gasteiger partial charge is 0.489 e. The standard InChI is InChI=1S/C19H29N3O2/c1-15(2)24-18-10-6-5-9-17(18)20-19(23)22-13-11-21(12-14-22)16-7-3-4-8-16/h5-6,9-10,15-16H,3-4,7-8,11-14H2,1-2H3,(H,20,23). The van der Waals surface area contributed by atoms with Crippen molar-refractivity contribution in [3.63, 3.8) is 0 Å². The van der Waals surface area contributed by atoms with Crippen molar-refractivity contribution in [3.05, 3.63) is 24.3 Å². The first-order valence-corrected chi connectivity index (χ1v) is 9.19. The number of benzene rings is 1. The second kappa shape index (κ2) is 7.88. The summed E-state index contributed by atoms with van der Waals surface area (Å²) < 4.78 is 5.78. The molecule has 1 aromatic carbocycles. The highest BCUT2D eigenvalue weighted by Gasteiger charge is 2.28. The van der Waals surface area contributed by atoms with E-state index >= 15 is 0 Å². The van der Waals surface area contributed by atoms with E-state index in [1.54, 1.807) is 0 Å². The fourth-order valence-electron chi connectivity index (χ4n) is 3.68. The van der Waals surface area contributed by atoms with Gasteiger partial charge in [-0.1, -0.05) is 25.0 Å². The van der Waals surface area contributed by atoms with Crippen molar-refractivity contribution in [2.45, 2.75) is 51.7 Å². The number of amides is 2. The Morgan fingerprint density at radius 1 is 1.12 bits per heavy atom. The van der Waals surface area contributed by atoms with Crippen molar-refractivity contribution in [2.24, 2.45) is 0 Å². The first kappa shape index (κ1) is 17.1. The molecule has 0 unspecified atom stereocenters. The number of rotatable bonds is 4. The number of carbonyl (C=O) groups is 1. The van der Waals surface area contributed by atoms with Gasteiger partial charge in [-0.15, -0.1) is 0 Å². The van der Waals surface area contributed by atoms with Gasteiger partial charge in [0.05, 0.1) is 11.8 Å². The summed E-state index contributed by atoms with van der Waals surface area (Å²) >= 11 is 0. The predicted molar refractivity (Wildman–Crippen MR) is 96.6 cm³/mol. The number of piperazine rings is 1. The van der Waals surface area contributed by atoms with Crippen molar-refractivity contribution in [1.82, 2.24) is 9.80 Å². The number of hydrogen-bond donors (Lipinski definition) is 1. The van der Waals surface area contributed by atoms with Gasteiger partial charge in [0.1, 0.15) is 5.75 Å². The van der Waals surface area contributed by atoms with Crippen LogP contribution in [0.25, 0.3) is 0 Å². The van der Waals surface area contributed by atoms with Gasteiger partial charge in [-0.3, -0.25) is 4.90 Å². The highest BCUT2D eigenvalue weighted by atomic mass is 16.5. The van der Waals surface area contributed by atoms with E-state index in [4.69, 9.17) is 4.74 Å². The molecule has 1 saturated heterocycles. The highest BCUT2D eigenvalue weighted by molar-refractivity contribution is 5.91. The third-order valence-electron chi connectivity index (χ3n) is 4.93. The number of nitrogens with one attached hydrogen (secondary N) is 1. The van der Waals surface area contributed by atoms with Crippen LogP contribution in [-0.4, -0.2) is 54.2 Å². The average Bonchev–Trinajstić information content (AvgIpc) is 3.11. The summed E-state index contributed by atoms with van der Waals surface area (Å²) in [6.45, 7) is 7.55. The molecule has 1 aromatic rings. The molecule has 3 rings (SSSR count). The summed E-state index contributed by atoms with van der Waals surface area (Å²) in [6.07, 6.45) is 5.45. The molecular weight excluding hydrogens is 302 g/mol. The average molecular weight is 331 g/mol. The van der Waals surface area contributed by atoms with Crippen LogP contribution in [0.5, 0.6) is 5.75 Å². The number of para-hydroxylation sites is 2. The molecule has 2 amide bonds. The van der Waals surface area contributed by atoms with Crippen LogP contribution in [0, 0.1) is 0 Å². The first-order chi connectivity index (χ1) is 11.6. The number of carbonyl (C=O) groups excluding carboxylic acids is 1. The number of nitrogens with zero attached hydrogens (tertiary/aromatic N) is 2. The van der Waals surface area contributed by atoms with Crippen LogP contribution in [0.15, 0.2) is 24.3 Å². The molecule has 0 radical (unpaired) electrons. The maximum Gasteiger partial charge on any atom is 0.322 e. The summed E-state index contributed by atoms with van der Waals surface area (Å²) in [5.74, 6) is 0.727. The van der Waals surface area contributed by atoms with Crippen molar-refractivity contribution in [1.29, 1.82) is 0 Å². The van der Waals surface area contributed by atoms with Gasteiger partial charge in [-0.05, 0) is 38.8 Å². The summed E-state index contributed by atoms with van der Waals surface area (Å²) in [5.41, 5.74) is 0.745. The van der Waals surface area contributed by atoms with Gasteiger partial charge >= 0.3 is 6.03 Å². The normalized spacial score (nSPS) is 19.7. The van der Waals surface area contributed by atoms with Crippen LogP contribution >= 0.6 is 0 Å². The zero-order valence-corrected chi connectivity index (χ0v) is 14.8. The SMILES string of the molecule is CC(C)Oc1ccccc1NC(=O)N1CCN(C2CCCC2)CC1. The Morgan fingerprint density at radius 3 is 2.46 bits per heavy atom. The summed E-state index contributed by atoms with van der Waals surface area (Å²) in [5, 5.41) is 3.01. The van der Waals surface area contributed by atoms with Crippen LogP contribution < -0.4 is 10.1 Å². The Morgan fingerprint density at radius 2 is 1.79 bits per heavy atom. The molecule has 1 N–H and O–H groups in total. The Hall–Kier alpha value is -1.75. The third-order valence-corrected chi connectivity index (χ3v) is 4.93. The predicted octanol–water partition coefficient (Wildman–Crippen LogP) is 3.57. The van der Waals surface area contributed by atoms with E-state index in [0.29, 0.717) is 0 Å². The van der Waals surface area contributed by atoms with Gasteiger partial charge in [0.15, 0.2) is 0 Å². The van der Waals surface area contributed by atoms with Crippen LogP contribution in [0.3, 0.4) is 0 Å². The van der Waals surface area contributed by atoms with Crippen LogP contribution in [-0.2, 0) is 0 Å². The van der Waals surface area contributed by atoms with Gasteiger partial charge in [0, 0.05) is 32.2 Å². The number of ether oxygens (including phenoxy) is 1. The number of urea groups is 1. The molecule has 1 heterocycles. The van der Waals surface area contributed by atoms with E-state index in [1.807, 2.05) is 43.0 Å². The zero-order chi connectivity index (χ0) is 16.9. The number of hydrogen-bond acceptors (Lipinski definition) is 3. The third kappa shape index (κ3) is 4.20. The lowest BCUT2D eigenvalue weighted by molar-refractivity contribution is 0.115. The Kier molecular flexibility index (Phi) is 5.61. The lowest BCUT2D eigenvalue weighted by atomic mass is 10.2. The molecule has 5 heteroatoms. The molecule has 132 valence electrons. The van der Waals surface area contributed by atoms with Crippen LogP contribution in [0.2, 0.25) is 0 Å². The molecule has 2 aliphatic rings. The van der Waals surface area contributed by atoms with Crippen LogP contribution in [0.1, 0.15) is 39.5 Å². The van der Waals surface area contributed by atoms with Gasteiger partial charge < -0.3 is 15.0 Å². The topological polar surface area (TPSA) is 44.8 Å². The smallest absolute Gasteiger partial charge is 0.322 e. The van der Waals surface area contributed by atoms with E-state index in [1.165, 1.54) is 25.7 Å². The molecule has 1 saturated carbocycles. The van der Waals surface area contributed by atoms with Crippen molar-refractivity contribution < 1.29 is 9.53 Å². The van der Waals surface area contributed by atoms with E-state index in [0.717, 1.165) is 43.7 Å². The van der Waals surface area contributed by atoms with Crippen LogP contribution in [0.4, 0.5) is 10.5 Å². The maximum absolute atomic E-state index is 12.6. The zero-order valence-electron chi connectivity index (χ0n) is 14.8. The summed E-state index contributed by atoms with van der Waals surface area (Å²) in [7, 11) is 0. The van der Waals surface area contributed by atoms with E-state index < -0.39 is 0 Å². The molecule has 24 heavy (non-hydrogen) atoms. The van der Waals surface area contributed by atoms with Gasteiger partial charge in [-0.25, -0.2) is 4.79 Å². The molecular formula is C19H29N3O2. The molecule has 0 bridgehead atoms. The fourth-order valence-corrected chi connectivity index (χ4v) is 3.68. The summed E-state index contributed by atoms with van der Waals surface area (Å²) in [4.78, 5) is 17.1. The van der Waals surface area contributed by atoms with Gasteiger partial charge in [-0.2, -0.15) is 0 Å². The molecule has 1 aliphatic heterocycles. The molecule has 2 fully saturated rings. The minimum atomic E-state index is -0.0270. The highest BCUT2D eigenvalue weighted by Crippen LogP contribution is 2.26. The quantitative estimate of drug-likeness (QED) is 0.917. The molecule has 0 spiro atoms. The second-order valence-electron chi connectivity index (χ2n) is 7.05. The second-order valence-corrected chi connectivity index (χ2v) is 7.05. The van der Waals surface area contributed by atoms with Crippen molar-refractivity contribution >= 4 is 11.7 Å². The van der Waals surface area contributed by atoms with Gasteiger partial charge in [0.2, 0.25) is 0 Å². The first-order valence-electron chi connectivity index (χ1n) is 9.19. The minimum Gasteiger partial charge on any atom is -0.489 e. The lowest BCUT2D eigenvalue weighted by Gasteiger charge is -2.38. The van der Waals surface area contributed by atoms with Gasteiger partial charge in [0.25, 0.3) is 0 Å². The Bertz CT molecular complexity index is 547. The molecule has 0 atom stereocenters. The minimum absolute atomic E-state index is 0.0270. The summed E-state index contributed by atoms with van der Waals surface area (Å²) in [6, 6.07) is 8.35. The van der Waals surface area contributed by atoms with E-state index in [-0.39, 0.29) is 12.1 Å². The fraction of sp³-hybridized carbons (Fsp3) is 0.632. The Balaban J connectivity index is 1.54. The monoisotopic (exact) mass is 331 g/mol. The Labute approximate surface area is 145 Å². The molecule has 1 aliphatic carbocycles. The van der Waals surface area contributed by atoms with Crippen molar-refractivity contribution in [3.8, 4) is 5.75 Å².